The molecule has 0 radical (unpaired) electrons. The highest BCUT2D eigenvalue weighted by Gasteiger charge is 2.14. The number of quaternary nitrogens is 1. The Labute approximate surface area is 153 Å². The predicted molar refractivity (Wildman–Crippen MR) is 104 cm³/mol. The van der Waals surface area contributed by atoms with E-state index < -0.39 is 0 Å². The zero-order valence-electron chi connectivity index (χ0n) is 14.8. The zero-order valence-corrected chi connectivity index (χ0v) is 14.8. The zero-order chi connectivity index (χ0) is 18.4. The van der Waals surface area contributed by atoms with E-state index in [-0.39, 0.29) is 11.9 Å². The average molecular weight is 344 g/mol. The summed E-state index contributed by atoms with van der Waals surface area (Å²) >= 11 is 0. The summed E-state index contributed by atoms with van der Waals surface area (Å²) in [7, 11) is 0. The van der Waals surface area contributed by atoms with Crippen molar-refractivity contribution in [3.63, 3.8) is 0 Å². The summed E-state index contributed by atoms with van der Waals surface area (Å²) in [6.07, 6.45) is 0.380. The van der Waals surface area contributed by atoms with Gasteiger partial charge in [0.1, 0.15) is 6.04 Å². The summed E-state index contributed by atoms with van der Waals surface area (Å²) in [6, 6.07) is 24.3. The van der Waals surface area contributed by atoms with Gasteiger partial charge >= 0.3 is 0 Å². The lowest BCUT2D eigenvalue weighted by atomic mass is 10.00. The van der Waals surface area contributed by atoms with Crippen LogP contribution in [-0.4, -0.2) is 12.5 Å². The van der Waals surface area contributed by atoms with Crippen LogP contribution in [0.15, 0.2) is 66.7 Å². The molecule has 0 aliphatic carbocycles. The highest BCUT2D eigenvalue weighted by Crippen LogP contribution is 2.22. The molecule has 0 fully saturated rings. The second-order valence-corrected chi connectivity index (χ2v) is 6.38. The van der Waals surface area contributed by atoms with Crippen LogP contribution in [0, 0.1) is 11.3 Å². The van der Waals surface area contributed by atoms with Crippen molar-refractivity contribution in [2.75, 3.05) is 11.9 Å². The number of amides is 1. The van der Waals surface area contributed by atoms with Crippen LogP contribution < -0.4 is 10.6 Å². The molecule has 0 aromatic heterocycles. The molecule has 1 atom stereocenters. The third-order valence-electron chi connectivity index (χ3n) is 4.49. The first kappa shape index (κ1) is 17.7. The highest BCUT2D eigenvalue weighted by molar-refractivity contribution is 5.91. The maximum Gasteiger partial charge on any atom is 0.279 e. The Bertz CT molecular complexity index is 936. The van der Waals surface area contributed by atoms with Crippen LogP contribution in [0.25, 0.3) is 10.8 Å². The molecule has 4 nitrogen and oxygen atoms in total. The van der Waals surface area contributed by atoms with Gasteiger partial charge in [-0.25, -0.2) is 0 Å². The van der Waals surface area contributed by atoms with E-state index in [0.29, 0.717) is 13.0 Å². The molecule has 130 valence electrons. The van der Waals surface area contributed by atoms with Gasteiger partial charge in [0, 0.05) is 11.3 Å². The van der Waals surface area contributed by atoms with Crippen molar-refractivity contribution in [3.8, 4) is 6.07 Å². The van der Waals surface area contributed by atoms with E-state index in [1.165, 1.54) is 16.3 Å². The largest absolute Gasteiger partial charge is 0.332 e. The fourth-order valence-electron chi connectivity index (χ4n) is 3.07. The van der Waals surface area contributed by atoms with Crippen molar-refractivity contribution in [2.24, 2.45) is 0 Å². The maximum atomic E-state index is 12.2. The van der Waals surface area contributed by atoms with Crippen molar-refractivity contribution in [1.29, 1.82) is 5.26 Å². The Morgan fingerprint density at radius 3 is 2.58 bits per heavy atom. The average Bonchev–Trinajstić information content (AvgIpc) is 2.67. The minimum atomic E-state index is -0.0369. The van der Waals surface area contributed by atoms with Crippen LogP contribution in [0.3, 0.4) is 0 Å². The van der Waals surface area contributed by atoms with Crippen LogP contribution in [0.2, 0.25) is 0 Å². The minimum absolute atomic E-state index is 0.0369. The molecule has 0 bridgehead atoms. The smallest absolute Gasteiger partial charge is 0.279 e. The lowest BCUT2D eigenvalue weighted by molar-refractivity contribution is -0.682. The number of hydrogen-bond donors (Lipinski definition) is 2. The quantitative estimate of drug-likeness (QED) is 0.721. The van der Waals surface area contributed by atoms with E-state index in [1.54, 1.807) is 0 Å². The van der Waals surface area contributed by atoms with Crippen molar-refractivity contribution in [3.05, 3.63) is 77.9 Å². The maximum absolute atomic E-state index is 12.2. The third kappa shape index (κ3) is 4.27. The Balaban J connectivity index is 1.59. The van der Waals surface area contributed by atoms with Gasteiger partial charge in [-0.15, -0.1) is 0 Å². The molecular formula is C22H22N3O+. The number of benzene rings is 3. The van der Waals surface area contributed by atoms with Crippen molar-refractivity contribution in [1.82, 2.24) is 0 Å². The fraction of sp³-hybridized carbons (Fsp3) is 0.182. The summed E-state index contributed by atoms with van der Waals surface area (Å²) in [5, 5.41) is 16.1. The summed E-state index contributed by atoms with van der Waals surface area (Å²) in [5.74, 6) is -0.0369. The minimum Gasteiger partial charge on any atom is -0.332 e. The first-order chi connectivity index (χ1) is 12.7. The van der Waals surface area contributed by atoms with Crippen LogP contribution in [0.1, 0.15) is 24.1 Å². The molecular weight excluding hydrogens is 322 g/mol. The van der Waals surface area contributed by atoms with Crippen LogP contribution in [0.5, 0.6) is 0 Å². The molecule has 3 aromatic carbocycles. The van der Waals surface area contributed by atoms with Gasteiger partial charge in [0.15, 0.2) is 6.54 Å². The summed E-state index contributed by atoms with van der Waals surface area (Å²) < 4.78 is 0. The van der Waals surface area contributed by atoms with Gasteiger partial charge in [-0.3, -0.25) is 4.79 Å². The van der Waals surface area contributed by atoms with E-state index in [1.807, 2.05) is 41.7 Å². The number of carbonyl (C=O) groups is 1. The number of nitrogens with one attached hydrogen (secondary N) is 1. The lowest BCUT2D eigenvalue weighted by Crippen LogP contribution is -2.86. The van der Waals surface area contributed by atoms with Gasteiger partial charge in [-0.05, 0) is 35.4 Å². The Kier molecular flexibility index (Phi) is 5.62. The van der Waals surface area contributed by atoms with Gasteiger partial charge in [0.2, 0.25) is 0 Å². The van der Waals surface area contributed by atoms with Crippen LogP contribution in [-0.2, 0) is 11.2 Å². The van der Waals surface area contributed by atoms with Crippen molar-refractivity contribution < 1.29 is 10.1 Å². The van der Waals surface area contributed by atoms with Gasteiger partial charge in [0.25, 0.3) is 5.91 Å². The molecule has 0 saturated carbocycles. The van der Waals surface area contributed by atoms with Crippen LogP contribution in [0.4, 0.5) is 5.69 Å². The number of anilines is 1. The standard InChI is InChI=1S/C22H21N3O/c1-16(20-8-4-6-18-5-2-3-7-21(18)20)24-15-22(26)25-19-11-9-17(10-12-19)13-14-23/h2-12,16,24H,13,15H2,1H3,(H,25,26)/p+1/t16-/m0/s1. The third-order valence-corrected chi connectivity index (χ3v) is 4.49. The molecule has 0 aliphatic rings. The fourth-order valence-corrected chi connectivity index (χ4v) is 3.07. The van der Waals surface area contributed by atoms with Crippen molar-refractivity contribution in [2.45, 2.75) is 19.4 Å². The van der Waals surface area contributed by atoms with Crippen molar-refractivity contribution >= 4 is 22.4 Å². The molecule has 0 aliphatic heterocycles. The first-order valence-electron chi connectivity index (χ1n) is 8.74. The monoisotopic (exact) mass is 344 g/mol. The molecule has 0 spiro atoms. The molecule has 0 unspecified atom stereocenters. The van der Waals surface area contributed by atoms with Gasteiger partial charge < -0.3 is 10.6 Å². The molecule has 3 N–H and O–H groups in total. The molecule has 3 aromatic rings. The number of nitriles is 1. The second-order valence-electron chi connectivity index (χ2n) is 6.38. The SMILES string of the molecule is C[C@H]([NH2+]CC(=O)Nc1ccc(CC#N)cc1)c1cccc2ccccc12. The lowest BCUT2D eigenvalue weighted by Gasteiger charge is -2.14. The number of nitrogens with zero attached hydrogens (tertiary/aromatic N) is 1. The summed E-state index contributed by atoms with van der Waals surface area (Å²) in [5.41, 5.74) is 2.93. The number of hydrogen-bond acceptors (Lipinski definition) is 2. The van der Waals surface area contributed by atoms with Gasteiger partial charge in [-0.1, -0.05) is 54.6 Å². The molecule has 1 amide bonds. The van der Waals surface area contributed by atoms with E-state index in [0.717, 1.165) is 11.3 Å². The van der Waals surface area contributed by atoms with E-state index in [4.69, 9.17) is 5.26 Å². The molecule has 0 saturated heterocycles. The Hall–Kier alpha value is -3.16. The summed E-state index contributed by atoms with van der Waals surface area (Å²) in [6.45, 7) is 2.47. The number of nitrogens with two attached hydrogens (primary N) is 1. The highest BCUT2D eigenvalue weighted by atomic mass is 16.1. The van der Waals surface area contributed by atoms with E-state index >= 15 is 0 Å². The van der Waals surface area contributed by atoms with E-state index in [9.17, 15) is 4.79 Å². The van der Waals surface area contributed by atoms with Gasteiger partial charge in [0.05, 0.1) is 12.5 Å². The Morgan fingerprint density at radius 1 is 1.08 bits per heavy atom. The topological polar surface area (TPSA) is 69.5 Å². The van der Waals surface area contributed by atoms with Gasteiger partial charge in [-0.2, -0.15) is 5.26 Å². The predicted octanol–water partition coefficient (Wildman–Crippen LogP) is 3.17. The second kappa shape index (κ2) is 8.28. The first-order valence-corrected chi connectivity index (χ1v) is 8.74. The summed E-state index contributed by atoms with van der Waals surface area (Å²) in [4.78, 5) is 12.2. The van der Waals surface area contributed by atoms with E-state index in [2.05, 4.69) is 48.6 Å². The molecule has 0 heterocycles. The molecule has 26 heavy (non-hydrogen) atoms. The number of carbonyl (C=O) groups excluding carboxylic acids is 1. The normalized spacial score (nSPS) is 11.7. The molecule has 3 rings (SSSR count). The molecule has 4 heteroatoms. The van der Waals surface area contributed by atoms with Crippen LogP contribution >= 0.6 is 0 Å². The number of fused-ring (bicyclic) bond motifs is 1. The Morgan fingerprint density at radius 2 is 1.81 bits per heavy atom. The number of rotatable bonds is 6.